The molecular weight excluding hydrogens is 236 g/mol. The van der Waals surface area contributed by atoms with Gasteiger partial charge in [0.2, 0.25) is 0 Å². The van der Waals surface area contributed by atoms with Crippen LogP contribution in [0, 0.1) is 5.92 Å². The maximum absolute atomic E-state index is 5.68. The van der Waals surface area contributed by atoms with E-state index in [0.717, 1.165) is 32.7 Å². The number of rotatable bonds is 9. The van der Waals surface area contributed by atoms with E-state index in [-0.39, 0.29) is 0 Å². The van der Waals surface area contributed by atoms with Crippen LogP contribution in [0.15, 0.2) is 24.3 Å². The van der Waals surface area contributed by atoms with E-state index in [0.29, 0.717) is 12.5 Å². The number of benzene rings is 1. The van der Waals surface area contributed by atoms with E-state index in [4.69, 9.17) is 10.5 Å². The lowest BCUT2D eigenvalue weighted by Gasteiger charge is -2.23. The Bertz CT molecular complexity index is 335. The van der Waals surface area contributed by atoms with Crippen molar-refractivity contribution in [2.24, 2.45) is 11.7 Å². The summed E-state index contributed by atoms with van der Waals surface area (Å²) in [6, 6.07) is 8.47. The number of nitrogens with zero attached hydrogens (tertiary/aromatic N) is 1. The Morgan fingerprint density at radius 2 is 1.84 bits per heavy atom. The third-order valence-electron chi connectivity index (χ3n) is 3.26. The second-order valence-electron chi connectivity index (χ2n) is 5.25. The molecule has 0 aliphatic carbocycles. The highest BCUT2D eigenvalue weighted by Crippen LogP contribution is 2.14. The van der Waals surface area contributed by atoms with Crippen molar-refractivity contribution in [3.8, 4) is 0 Å². The summed E-state index contributed by atoms with van der Waals surface area (Å²) in [7, 11) is 0. The summed E-state index contributed by atoms with van der Waals surface area (Å²) in [6.45, 7) is 10.8. The lowest BCUT2D eigenvalue weighted by molar-refractivity contribution is 0.129. The van der Waals surface area contributed by atoms with E-state index in [1.165, 1.54) is 11.3 Å². The van der Waals surface area contributed by atoms with Gasteiger partial charge in [0.05, 0.1) is 6.61 Å². The zero-order valence-electron chi connectivity index (χ0n) is 12.6. The average molecular weight is 264 g/mol. The van der Waals surface area contributed by atoms with E-state index in [1.807, 2.05) is 0 Å². The monoisotopic (exact) mass is 264 g/mol. The van der Waals surface area contributed by atoms with Crippen molar-refractivity contribution in [2.75, 3.05) is 31.2 Å². The normalized spacial score (nSPS) is 11.0. The van der Waals surface area contributed by atoms with E-state index in [2.05, 4.69) is 49.9 Å². The standard InChI is InChI=1S/C16H28N2O/c1-4-18(10-12-19-11-9-14(2)3)16-7-5-15(13-17)6-8-16/h5-8,14H,4,9-13,17H2,1-3H3. The topological polar surface area (TPSA) is 38.5 Å². The van der Waals surface area contributed by atoms with Gasteiger partial charge in [-0.1, -0.05) is 26.0 Å². The lowest BCUT2D eigenvalue weighted by atomic mass is 10.1. The van der Waals surface area contributed by atoms with Gasteiger partial charge >= 0.3 is 0 Å². The molecule has 0 aliphatic rings. The van der Waals surface area contributed by atoms with Crippen LogP contribution in [-0.4, -0.2) is 26.3 Å². The molecule has 108 valence electrons. The van der Waals surface area contributed by atoms with Crippen molar-refractivity contribution < 1.29 is 4.74 Å². The number of anilines is 1. The fourth-order valence-corrected chi connectivity index (χ4v) is 1.91. The van der Waals surface area contributed by atoms with E-state index < -0.39 is 0 Å². The van der Waals surface area contributed by atoms with Crippen molar-refractivity contribution in [3.63, 3.8) is 0 Å². The third-order valence-corrected chi connectivity index (χ3v) is 3.26. The van der Waals surface area contributed by atoms with Crippen LogP contribution in [0.2, 0.25) is 0 Å². The van der Waals surface area contributed by atoms with Gasteiger partial charge in [0.1, 0.15) is 0 Å². The van der Waals surface area contributed by atoms with Crippen LogP contribution in [-0.2, 0) is 11.3 Å². The first-order valence-electron chi connectivity index (χ1n) is 7.29. The molecule has 0 amide bonds. The van der Waals surface area contributed by atoms with Gasteiger partial charge in [0.25, 0.3) is 0 Å². The second kappa shape index (κ2) is 8.94. The van der Waals surface area contributed by atoms with Gasteiger partial charge in [-0.3, -0.25) is 0 Å². The zero-order valence-corrected chi connectivity index (χ0v) is 12.6. The van der Waals surface area contributed by atoms with Crippen LogP contribution in [0.5, 0.6) is 0 Å². The van der Waals surface area contributed by atoms with Gasteiger partial charge in [-0.05, 0) is 37.0 Å². The number of likely N-dealkylation sites (N-methyl/N-ethyl adjacent to an activating group) is 1. The van der Waals surface area contributed by atoms with Crippen molar-refractivity contribution in [1.82, 2.24) is 0 Å². The summed E-state index contributed by atoms with van der Waals surface area (Å²) >= 11 is 0. The van der Waals surface area contributed by atoms with Crippen LogP contribution >= 0.6 is 0 Å². The minimum atomic E-state index is 0.602. The van der Waals surface area contributed by atoms with Gasteiger partial charge in [-0.15, -0.1) is 0 Å². The molecule has 1 rings (SSSR count). The molecule has 1 aromatic rings. The Kier molecular flexibility index (Phi) is 7.53. The predicted octanol–water partition coefficient (Wildman–Crippen LogP) is 3.03. The van der Waals surface area contributed by atoms with Gasteiger partial charge in [-0.2, -0.15) is 0 Å². The van der Waals surface area contributed by atoms with Gasteiger partial charge < -0.3 is 15.4 Å². The summed E-state index contributed by atoms with van der Waals surface area (Å²) in [5, 5.41) is 0. The molecule has 0 bridgehead atoms. The molecule has 0 spiro atoms. The van der Waals surface area contributed by atoms with Crippen LogP contribution in [0.1, 0.15) is 32.8 Å². The first-order valence-corrected chi connectivity index (χ1v) is 7.29. The highest BCUT2D eigenvalue weighted by atomic mass is 16.5. The Labute approximate surface area is 117 Å². The molecule has 0 atom stereocenters. The van der Waals surface area contributed by atoms with E-state index in [1.54, 1.807) is 0 Å². The van der Waals surface area contributed by atoms with Crippen molar-refractivity contribution >= 4 is 5.69 Å². The first-order chi connectivity index (χ1) is 9.17. The molecule has 0 heterocycles. The van der Waals surface area contributed by atoms with Gasteiger partial charge in [-0.25, -0.2) is 0 Å². The summed E-state index contributed by atoms with van der Waals surface area (Å²) < 4.78 is 5.68. The molecule has 0 aliphatic heterocycles. The molecule has 2 N–H and O–H groups in total. The van der Waals surface area contributed by atoms with Crippen molar-refractivity contribution in [3.05, 3.63) is 29.8 Å². The van der Waals surface area contributed by atoms with Gasteiger partial charge in [0, 0.05) is 31.9 Å². The highest BCUT2D eigenvalue weighted by Gasteiger charge is 2.04. The molecule has 0 aromatic heterocycles. The number of ether oxygens (including phenoxy) is 1. The van der Waals surface area contributed by atoms with Crippen LogP contribution in [0.4, 0.5) is 5.69 Å². The first kappa shape index (κ1) is 16.0. The largest absolute Gasteiger partial charge is 0.380 e. The maximum Gasteiger partial charge on any atom is 0.0641 e. The average Bonchev–Trinajstić information content (AvgIpc) is 2.43. The number of hydrogen-bond acceptors (Lipinski definition) is 3. The van der Waals surface area contributed by atoms with Crippen molar-refractivity contribution in [2.45, 2.75) is 33.7 Å². The lowest BCUT2D eigenvalue weighted by Crippen LogP contribution is -2.27. The van der Waals surface area contributed by atoms with Crippen LogP contribution in [0.3, 0.4) is 0 Å². The SMILES string of the molecule is CCN(CCOCCC(C)C)c1ccc(CN)cc1. The smallest absolute Gasteiger partial charge is 0.0641 e. The molecular formula is C16H28N2O. The minimum absolute atomic E-state index is 0.602. The summed E-state index contributed by atoms with van der Waals surface area (Å²) in [5.74, 6) is 0.714. The third kappa shape index (κ3) is 6.08. The van der Waals surface area contributed by atoms with E-state index in [9.17, 15) is 0 Å². The van der Waals surface area contributed by atoms with Crippen LogP contribution in [0.25, 0.3) is 0 Å². The predicted molar refractivity (Wildman–Crippen MR) is 82.5 cm³/mol. The zero-order chi connectivity index (χ0) is 14.1. The summed E-state index contributed by atoms with van der Waals surface area (Å²) in [4.78, 5) is 2.33. The molecule has 3 heteroatoms. The fourth-order valence-electron chi connectivity index (χ4n) is 1.91. The minimum Gasteiger partial charge on any atom is -0.380 e. The molecule has 0 saturated carbocycles. The molecule has 19 heavy (non-hydrogen) atoms. The Balaban J connectivity index is 2.35. The number of hydrogen-bond donors (Lipinski definition) is 1. The van der Waals surface area contributed by atoms with Crippen molar-refractivity contribution in [1.29, 1.82) is 0 Å². The highest BCUT2D eigenvalue weighted by molar-refractivity contribution is 5.47. The Morgan fingerprint density at radius 3 is 2.37 bits per heavy atom. The molecule has 1 aromatic carbocycles. The van der Waals surface area contributed by atoms with Gasteiger partial charge in [0.15, 0.2) is 0 Å². The maximum atomic E-state index is 5.68. The molecule has 3 nitrogen and oxygen atoms in total. The Hall–Kier alpha value is -1.06. The Morgan fingerprint density at radius 1 is 1.16 bits per heavy atom. The molecule has 0 saturated heterocycles. The molecule has 0 unspecified atom stereocenters. The van der Waals surface area contributed by atoms with E-state index >= 15 is 0 Å². The number of nitrogens with two attached hydrogens (primary N) is 1. The van der Waals surface area contributed by atoms with Crippen LogP contribution < -0.4 is 10.6 Å². The summed E-state index contributed by atoms with van der Waals surface area (Å²) in [6.07, 6.45) is 1.14. The summed E-state index contributed by atoms with van der Waals surface area (Å²) in [5.41, 5.74) is 8.03. The molecule has 0 radical (unpaired) electrons. The second-order valence-corrected chi connectivity index (χ2v) is 5.25. The molecule has 0 fully saturated rings. The quantitative estimate of drug-likeness (QED) is 0.697. The fraction of sp³-hybridized carbons (Fsp3) is 0.625.